The molecule has 0 unspecified atom stereocenters. The monoisotopic (exact) mass is 328 g/mol. The molecule has 1 aromatic heterocycles. The maximum atomic E-state index is 4.75. The van der Waals surface area contributed by atoms with Gasteiger partial charge in [0.25, 0.3) is 0 Å². The molecule has 0 aliphatic heterocycles. The maximum Gasteiger partial charge on any atom is 0.109 e. The first-order valence-electron chi connectivity index (χ1n) is 6.80. The smallest absolute Gasteiger partial charge is 0.109 e. The van der Waals surface area contributed by atoms with E-state index in [-0.39, 0.29) is 0 Å². The zero-order valence-electron chi connectivity index (χ0n) is 11.7. The van der Waals surface area contributed by atoms with E-state index < -0.39 is 0 Å². The van der Waals surface area contributed by atoms with E-state index in [1.807, 2.05) is 0 Å². The second kappa shape index (κ2) is 5.41. The highest BCUT2D eigenvalue weighted by Gasteiger charge is 2.08. The molecule has 20 heavy (non-hydrogen) atoms. The molecule has 0 amide bonds. The summed E-state index contributed by atoms with van der Waals surface area (Å²) in [6.45, 7) is 2.17. The van der Waals surface area contributed by atoms with Crippen LogP contribution in [0.1, 0.15) is 17.0 Å². The van der Waals surface area contributed by atoms with Gasteiger partial charge in [-0.15, -0.1) is 0 Å². The highest BCUT2D eigenvalue weighted by molar-refractivity contribution is 9.10. The number of halogens is 1. The van der Waals surface area contributed by atoms with E-state index in [0.717, 1.165) is 28.7 Å². The fourth-order valence-corrected chi connectivity index (χ4v) is 2.93. The number of aryl methyl sites for hydroxylation is 4. The van der Waals surface area contributed by atoms with Gasteiger partial charge in [-0.25, -0.2) is 4.98 Å². The van der Waals surface area contributed by atoms with E-state index in [1.165, 1.54) is 16.6 Å². The van der Waals surface area contributed by atoms with Gasteiger partial charge in [-0.3, -0.25) is 0 Å². The van der Waals surface area contributed by atoms with Crippen LogP contribution in [-0.2, 0) is 19.9 Å². The summed E-state index contributed by atoms with van der Waals surface area (Å²) < 4.78 is 3.27. The SMILES string of the molecule is Cc1ccccc1CCc1nc2cc(Br)ccc2n1C. The molecule has 0 saturated heterocycles. The quantitative estimate of drug-likeness (QED) is 0.695. The summed E-state index contributed by atoms with van der Waals surface area (Å²) in [5.74, 6) is 1.14. The molecule has 3 heteroatoms. The van der Waals surface area contributed by atoms with Gasteiger partial charge < -0.3 is 4.57 Å². The van der Waals surface area contributed by atoms with Gasteiger partial charge in [0.2, 0.25) is 0 Å². The lowest BCUT2D eigenvalue weighted by molar-refractivity contribution is 0.785. The molecule has 3 rings (SSSR count). The Balaban J connectivity index is 1.88. The first-order chi connectivity index (χ1) is 9.65. The lowest BCUT2D eigenvalue weighted by Gasteiger charge is -2.05. The van der Waals surface area contributed by atoms with Gasteiger partial charge in [0.1, 0.15) is 5.82 Å². The van der Waals surface area contributed by atoms with Crippen molar-refractivity contribution in [3.63, 3.8) is 0 Å². The molecule has 3 aromatic rings. The number of benzene rings is 2. The van der Waals surface area contributed by atoms with E-state index in [9.17, 15) is 0 Å². The molecule has 0 fully saturated rings. The van der Waals surface area contributed by atoms with Crippen molar-refractivity contribution in [1.29, 1.82) is 0 Å². The Morgan fingerprint density at radius 1 is 1.10 bits per heavy atom. The van der Waals surface area contributed by atoms with Crippen molar-refractivity contribution in [3.8, 4) is 0 Å². The van der Waals surface area contributed by atoms with E-state index in [1.54, 1.807) is 0 Å². The van der Waals surface area contributed by atoms with Crippen molar-refractivity contribution >= 4 is 27.0 Å². The highest BCUT2D eigenvalue weighted by Crippen LogP contribution is 2.21. The third-order valence-electron chi connectivity index (χ3n) is 3.81. The summed E-state index contributed by atoms with van der Waals surface area (Å²) in [7, 11) is 2.09. The molecule has 0 radical (unpaired) electrons. The molecule has 0 atom stereocenters. The van der Waals surface area contributed by atoms with Crippen molar-refractivity contribution in [2.75, 3.05) is 0 Å². The maximum absolute atomic E-state index is 4.75. The summed E-state index contributed by atoms with van der Waals surface area (Å²) in [6.07, 6.45) is 2.00. The molecule has 0 aliphatic rings. The van der Waals surface area contributed by atoms with Crippen LogP contribution in [0.15, 0.2) is 46.9 Å². The van der Waals surface area contributed by atoms with Crippen LogP contribution in [0.2, 0.25) is 0 Å². The number of aromatic nitrogens is 2. The number of imidazole rings is 1. The van der Waals surface area contributed by atoms with Gasteiger partial charge >= 0.3 is 0 Å². The second-order valence-corrected chi connectivity index (χ2v) is 6.06. The second-order valence-electron chi connectivity index (χ2n) is 5.15. The third kappa shape index (κ3) is 2.50. The third-order valence-corrected chi connectivity index (χ3v) is 4.31. The average Bonchev–Trinajstić information content (AvgIpc) is 2.74. The summed E-state index contributed by atoms with van der Waals surface area (Å²) in [6, 6.07) is 14.8. The van der Waals surface area contributed by atoms with Crippen LogP contribution in [0.5, 0.6) is 0 Å². The van der Waals surface area contributed by atoms with Crippen LogP contribution in [0.25, 0.3) is 11.0 Å². The van der Waals surface area contributed by atoms with Crippen LogP contribution < -0.4 is 0 Å². The predicted octanol–water partition coefficient (Wildman–Crippen LogP) is 4.43. The highest BCUT2D eigenvalue weighted by atomic mass is 79.9. The average molecular weight is 329 g/mol. The predicted molar refractivity (Wildman–Crippen MR) is 87.0 cm³/mol. The zero-order valence-corrected chi connectivity index (χ0v) is 13.3. The standard InChI is InChI=1S/C17H17BrN2/c1-12-5-3-4-6-13(12)7-10-17-19-15-11-14(18)8-9-16(15)20(17)2/h3-6,8-9,11H,7,10H2,1-2H3. The van der Waals surface area contributed by atoms with Crippen LogP contribution in [0, 0.1) is 6.92 Å². The van der Waals surface area contributed by atoms with Crippen LogP contribution in [0.3, 0.4) is 0 Å². The number of nitrogens with zero attached hydrogens (tertiary/aromatic N) is 2. The van der Waals surface area contributed by atoms with Crippen molar-refractivity contribution in [2.45, 2.75) is 19.8 Å². The Bertz CT molecular complexity index is 759. The molecule has 0 N–H and O–H groups in total. The normalized spacial score (nSPS) is 11.2. The van der Waals surface area contributed by atoms with Gasteiger partial charge in [0, 0.05) is 17.9 Å². The molecule has 2 nitrogen and oxygen atoms in total. The molecule has 2 aromatic carbocycles. The Hall–Kier alpha value is -1.61. The Kier molecular flexibility index (Phi) is 3.62. The van der Waals surface area contributed by atoms with E-state index >= 15 is 0 Å². The molecule has 0 bridgehead atoms. The van der Waals surface area contributed by atoms with E-state index in [0.29, 0.717) is 0 Å². The Morgan fingerprint density at radius 3 is 2.70 bits per heavy atom. The summed E-state index contributed by atoms with van der Waals surface area (Å²) in [5.41, 5.74) is 5.00. The lowest BCUT2D eigenvalue weighted by Crippen LogP contribution is -2.01. The molecule has 0 spiro atoms. The summed E-state index contributed by atoms with van der Waals surface area (Å²) in [4.78, 5) is 4.75. The molecule has 102 valence electrons. The molecule has 0 saturated carbocycles. The van der Waals surface area contributed by atoms with Crippen LogP contribution in [-0.4, -0.2) is 9.55 Å². The first-order valence-corrected chi connectivity index (χ1v) is 7.60. The van der Waals surface area contributed by atoms with Gasteiger partial charge in [-0.05, 0) is 42.7 Å². The van der Waals surface area contributed by atoms with Crippen molar-refractivity contribution in [1.82, 2.24) is 9.55 Å². The number of hydrogen-bond acceptors (Lipinski definition) is 1. The molecule has 1 heterocycles. The summed E-state index contributed by atoms with van der Waals surface area (Å²) in [5, 5.41) is 0. The van der Waals surface area contributed by atoms with Crippen molar-refractivity contribution < 1.29 is 0 Å². The van der Waals surface area contributed by atoms with Crippen LogP contribution in [0.4, 0.5) is 0 Å². The zero-order chi connectivity index (χ0) is 14.1. The fraction of sp³-hybridized carbons (Fsp3) is 0.235. The summed E-state index contributed by atoms with van der Waals surface area (Å²) >= 11 is 3.50. The minimum Gasteiger partial charge on any atom is -0.331 e. The van der Waals surface area contributed by atoms with Gasteiger partial charge in [0.15, 0.2) is 0 Å². The van der Waals surface area contributed by atoms with Gasteiger partial charge in [0.05, 0.1) is 11.0 Å². The fourth-order valence-electron chi connectivity index (χ4n) is 2.58. The topological polar surface area (TPSA) is 17.8 Å². The number of hydrogen-bond donors (Lipinski definition) is 0. The number of fused-ring (bicyclic) bond motifs is 1. The largest absolute Gasteiger partial charge is 0.331 e. The Morgan fingerprint density at radius 2 is 1.90 bits per heavy atom. The number of rotatable bonds is 3. The van der Waals surface area contributed by atoms with Crippen molar-refractivity contribution in [3.05, 3.63) is 63.9 Å². The van der Waals surface area contributed by atoms with Gasteiger partial charge in [-0.1, -0.05) is 40.2 Å². The minimum atomic E-state index is 0.966. The van der Waals surface area contributed by atoms with E-state index in [4.69, 9.17) is 4.98 Å². The van der Waals surface area contributed by atoms with Crippen molar-refractivity contribution in [2.24, 2.45) is 7.05 Å². The molecular formula is C17H17BrN2. The molecule has 0 aliphatic carbocycles. The van der Waals surface area contributed by atoms with Gasteiger partial charge in [-0.2, -0.15) is 0 Å². The lowest BCUT2D eigenvalue weighted by atomic mass is 10.0. The first kappa shape index (κ1) is 13.4. The van der Waals surface area contributed by atoms with E-state index in [2.05, 4.69) is 76.9 Å². The molecular weight excluding hydrogens is 312 g/mol. The van der Waals surface area contributed by atoms with Crippen LogP contribution >= 0.6 is 15.9 Å². The minimum absolute atomic E-state index is 0.966. The Labute approximate surface area is 127 Å².